The van der Waals surface area contributed by atoms with Crippen LogP contribution in [0, 0.1) is 6.92 Å². The topological polar surface area (TPSA) is 72.0 Å². The molecule has 0 amide bonds. The molecule has 0 radical (unpaired) electrons. The highest BCUT2D eigenvalue weighted by Crippen LogP contribution is 2.32. The van der Waals surface area contributed by atoms with Gasteiger partial charge in [-0.1, -0.05) is 40.5 Å². The smallest absolute Gasteiger partial charge is 0.262 e. The van der Waals surface area contributed by atoms with Gasteiger partial charge in [-0.3, -0.25) is 0 Å². The number of nitrogens with zero attached hydrogens (tertiary/aromatic N) is 3. The predicted molar refractivity (Wildman–Crippen MR) is 79.4 cm³/mol. The molecule has 1 aromatic carbocycles. The van der Waals surface area contributed by atoms with Gasteiger partial charge >= 0.3 is 0 Å². The second-order valence-corrected chi connectivity index (χ2v) is 5.22. The fraction of sp³-hybridized carbons (Fsp3) is 0.0714. The second-order valence-electron chi connectivity index (χ2n) is 4.38. The van der Waals surface area contributed by atoms with Crippen molar-refractivity contribution in [2.75, 3.05) is 0 Å². The first-order valence-corrected chi connectivity index (χ1v) is 6.76. The molecule has 3 rings (SSSR count). The minimum Gasteiger partial charge on any atom is -0.507 e. The van der Waals surface area contributed by atoms with Crippen LogP contribution >= 0.6 is 23.2 Å². The van der Waals surface area contributed by atoms with Crippen LogP contribution in [0.5, 0.6) is 5.75 Å². The number of aromatic hydroxyl groups is 1. The van der Waals surface area contributed by atoms with Crippen molar-refractivity contribution < 1.29 is 9.63 Å². The zero-order valence-corrected chi connectivity index (χ0v) is 12.4. The molecule has 0 aliphatic heterocycles. The lowest BCUT2D eigenvalue weighted by Gasteiger charge is -2.01. The molecule has 0 bridgehead atoms. The summed E-state index contributed by atoms with van der Waals surface area (Å²) in [7, 11) is 0. The molecule has 2 aromatic heterocycles. The normalized spacial score (nSPS) is 10.8. The molecular formula is C14H9Cl2N3O2. The van der Waals surface area contributed by atoms with E-state index in [1.54, 1.807) is 31.2 Å². The standard InChI is InChI=1S/C14H9Cl2N3O2/c1-7-3-2-4-9(12(7)20)14-18-13(19-21-14)11-10(16)5-8(15)6-17-11/h2-6,20H,1H3. The van der Waals surface area contributed by atoms with Crippen molar-refractivity contribution in [3.63, 3.8) is 0 Å². The Balaban J connectivity index is 2.06. The molecular weight excluding hydrogens is 313 g/mol. The van der Waals surface area contributed by atoms with Gasteiger partial charge in [0.15, 0.2) is 0 Å². The highest BCUT2D eigenvalue weighted by Gasteiger charge is 2.17. The van der Waals surface area contributed by atoms with E-state index in [0.717, 1.165) is 5.56 Å². The summed E-state index contributed by atoms with van der Waals surface area (Å²) in [6, 6.07) is 6.82. The van der Waals surface area contributed by atoms with Crippen LogP contribution in [0.2, 0.25) is 10.0 Å². The number of hydrogen-bond acceptors (Lipinski definition) is 5. The van der Waals surface area contributed by atoms with Gasteiger partial charge in [0.2, 0.25) is 5.82 Å². The Hall–Kier alpha value is -2.11. The summed E-state index contributed by atoms with van der Waals surface area (Å²) < 4.78 is 5.17. The van der Waals surface area contributed by atoms with E-state index < -0.39 is 0 Å². The summed E-state index contributed by atoms with van der Waals surface area (Å²) >= 11 is 11.9. The average Bonchev–Trinajstić information content (AvgIpc) is 2.91. The average molecular weight is 322 g/mol. The van der Waals surface area contributed by atoms with Crippen molar-refractivity contribution in [1.29, 1.82) is 0 Å². The maximum absolute atomic E-state index is 10.0. The molecule has 0 saturated carbocycles. The Kier molecular flexibility index (Phi) is 3.53. The van der Waals surface area contributed by atoms with Crippen LogP contribution in [0.4, 0.5) is 0 Å². The van der Waals surface area contributed by atoms with Gasteiger partial charge in [-0.15, -0.1) is 0 Å². The van der Waals surface area contributed by atoms with Crippen molar-refractivity contribution in [3.8, 4) is 28.7 Å². The van der Waals surface area contributed by atoms with Gasteiger partial charge in [-0.2, -0.15) is 4.98 Å². The monoisotopic (exact) mass is 321 g/mol. The van der Waals surface area contributed by atoms with Gasteiger partial charge in [0.25, 0.3) is 5.89 Å². The molecule has 21 heavy (non-hydrogen) atoms. The number of hydrogen-bond donors (Lipinski definition) is 1. The number of phenols is 1. The van der Waals surface area contributed by atoms with E-state index in [4.69, 9.17) is 27.7 Å². The predicted octanol–water partition coefficient (Wildman–Crippen LogP) is 4.12. The van der Waals surface area contributed by atoms with Crippen LogP contribution < -0.4 is 0 Å². The second kappa shape index (κ2) is 5.35. The quantitative estimate of drug-likeness (QED) is 0.768. The maximum Gasteiger partial charge on any atom is 0.262 e. The van der Waals surface area contributed by atoms with Crippen LogP contribution in [0.1, 0.15) is 5.56 Å². The molecule has 1 N–H and O–H groups in total. The molecule has 0 fully saturated rings. The largest absolute Gasteiger partial charge is 0.507 e. The fourth-order valence-corrected chi connectivity index (χ4v) is 2.30. The van der Waals surface area contributed by atoms with Crippen LogP contribution in [0.15, 0.2) is 35.0 Å². The number of halogens is 2. The van der Waals surface area contributed by atoms with E-state index in [9.17, 15) is 5.11 Å². The molecule has 0 atom stereocenters. The number of benzene rings is 1. The van der Waals surface area contributed by atoms with Crippen molar-refractivity contribution in [2.24, 2.45) is 0 Å². The number of pyridine rings is 1. The van der Waals surface area contributed by atoms with E-state index in [1.807, 2.05) is 0 Å². The Morgan fingerprint density at radius 1 is 1.24 bits per heavy atom. The zero-order valence-electron chi connectivity index (χ0n) is 10.8. The van der Waals surface area contributed by atoms with Gasteiger partial charge in [-0.25, -0.2) is 4.98 Å². The first-order chi connectivity index (χ1) is 10.1. The Morgan fingerprint density at radius 3 is 2.81 bits per heavy atom. The highest BCUT2D eigenvalue weighted by atomic mass is 35.5. The third-order valence-electron chi connectivity index (χ3n) is 2.91. The van der Waals surface area contributed by atoms with E-state index in [0.29, 0.717) is 21.3 Å². The number of para-hydroxylation sites is 1. The summed E-state index contributed by atoms with van der Waals surface area (Å²) in [5, 5.41) is 14.6. The third-order valence-corrected chi connectivity index (χ3v) is 3.41. The number of aromatic nitrogens is 3. The molecule has 0 aliphatic carbocycles. The molecule has 0 aliphatic rings. The van der Waals surface area contributed by atoms with Gasteiger partial charge in [0.1, 0.15) is 11.4 Å². The van der Waals surface area contributed by atoms with E-state index in [-0.39, 0.29) is 17.5 Å². The maximum atomic E-state index is 10.0. The van der Waals surface area contributed by atoms with Crippen LogP contribution in [0.25, 0.3) is 23.0 Å². The molecule has 2 heterocycles. The minimum absolute atomic E-state index is 0.0999. The van der Waals surface area contributed by atoms with Gasteiger partial charge < -0.3 is 9.63 Å². The molecule has 0 unspecified atom stereocenters. The SMILES string of the molecule is Cc1cccc(-c2nc(-c3ncc(Cl)cc3Cl)no2)c1O. The molecule has 7 heteroatoms. The lowest BCUT2D eigenvalue weighted by molar-refractivity contribution is 0.425. The molecule has 0 spiro atoms. The summed E-state index contributed by atoms with van der Waals surface area (Å²) in [6.07, 6.45) is 1.45. The summed E-state index contributed by atoms with van der Waals surface area (Å²) in [5.74, 6) is 0.523. The minimum atomic E-state index is 0.0999. The lowest BCUT2D eigenvalue weighted by atomic mass is 10.1. The molecule has 0 saturated heterocycles. The van der Waals surface area contributed by atoms with Crippen molar-refractivity contribution >= 4 is 23.2 Å². The number of rotatable bonds is 2. The first kappa shape index (κ1) is 13.9. The van der Waals surface area contributed by atoms with Crippen molar-refractivity contribution in [2.45, 2.75) is 6.92 Å². The molecule has 5 nitrogen and oxygen atoms in total. The Morgan fingerprint density at radius 2 is 2.05 bits per heavy atom. The Labute approximate surface area is 130 Å². The van der Waals surface area contributed by atoms with Crippen LogP contribution in [-0.2, 0) is 0 Å². The summed E-state index contributed by atoms with van der Waals surface area (Å²) in [4.78, 5) is 8.30. The molecule has 3 aromatic rings. The lowest BCUT2D eigenvalue weighted by Crippen LogP contribution is -1.87. The Bertz CT molecular complexity index is 818. The third kappa shape index (κ3) is 2.57. The summed E-state index contributed by atoms with van der Waals surface area (Å²) in [6.45, 7) is 1.79. The van der Waals surface area contributed by atoms with Crippen molar-refractivity contribution in [3.05, 3.63) is 46.1 Å². The fourth-order valence-electron chi connectivity index (χ4n) is 1.84. The van der Waals surface area contributed by atoms with Crippen LogP contribution in [0.3, 0.4) is 0 Å². The van der Waals surface area contributed by atoms with Gasteiger partial charge in [-0.05, 0) is 24.6 Å². The van der Waals surface area contributed by atoms with E-state index >= 15 is 0 Å². The van der Waals surface area contributed by atoms with E-state index in [1.165, 1.54) is 6.20 Å². The number of phenolic OH excluding ortho intramolecular Hbond substituents is 1. The van der Waals surface area contributed by atoms with Gasteiger partial charge in [0.05, 0.1) is 15.6 Å². The summed E-state index contributed by atoms with van der Waals surface area (Å²) in [5.41, 5.74) is 1.54. The first-order valence-electron chi connectivity index (χ1n) is 6.00. The van der Waals surface area contributed by atoms with Gasteiger partial charge in [0, 0.05) is 6.20 Å². The van der Waals surface area contributed by atoms with Crippen LogP contribution in [-0.4, -0.2) is 20.2 Å². The van der Waals surface area contributed by atoms with E-state index in [2.05, 4.69) is 15.1 Å². The van der Waals surface area contributed by atoms with Crippen molar-refractivity contribution in [1.82, 2.24) is 15.1 Å². The zero-order chi connectivity index (χ0) is 15.0. The molecule has 106 valence electrons. The highest BCUT2D eigenvalue weighted by molar-refractivity contribution is 6.35. The number of aryl methyl sites for hydroxylation is 1.